The van der Waals surface area contributed by atoms with Crippen LogP contribution in [0.4, 0.5) is 0 Å². The lowest BCUT2D eigenvalue weighted by Gasteiger charge is -2.34. The number of halogens is 1. The van der Waals surface area contributed by atoms with Gasteiger partial charge in [-0.05, 0) is 42.3 Å². The molecule has 0 bridgehead atoms. The number of carbonyl (C=O) groups is 1. The number of piperazine rings is 1. The zero-order valence-corrected chi connectivity index (χ0v) is 18.7. The molecule has 1 aromatic heterocycles. The van der Waals surface area contributed by atoms with Crippen molar-refractivity contribution in [2.24, 2.45) is 7.05 Å². The quantitative estimate of drug-likeness (QED) is 0.585. The summed E-state index contributed by atoms with van der Waals surface area (Å²) in [5, 5.41) is 4.82. The lowest BCUT2D eigenvalue weighted by Crippen LogP contribution is -2.48. The third-order valence-corrected chi connectivity index (χ3v) is 5.82. The molecule has 0 unspecified atom stereocenters. The van der Waals surface area contributed by atoms with Crippen molar-refractivity contribution >= 4 is 17.5 Å². The van der Waals surface area contributed by atoms with Gasteiger partial charge in [-0.25, -0.2) is 0 Å². The van der Waals surface area contributed by atoms with E-state index in [1.54, 1.807) is 0 Å². The summed E-state index contributed by atoms with van der Waals surface area (Å²) in [6.45, 7) is 6.47. The SMILES string of the molecule is Cc1ccc(Cl)c(OCc2ccc(C(=O)N3CCN(Cc4cnn(C)c4)CC3)cc2)c1. The van der Waals surface area contributed by atoms with E-state index < -0.39 is 0 Å². The first kappa shape index (κ1) is 21.4. The van der Waals surface area contributed by atoms with Crippen molar-refractivity contribution in [3.05, 3.63) is 82.1 Å². The topological polar surface area (TPSA) is 50.6 Å². The molecule has 2 aromatic carbocycles. The van der Waals surface area contributed by atoms with Gasteiger partial charge in [0.05, 0.1) is 11.2 Å². The molecule has 1 aliphatic heterocycles. The number of hydrogen-bond donors (Lipinski definition) is 0. The van der Waals surface area contributed by atoms with Crippen molar-refractivity contribution in [3.8, 4) is 5.75 Å². The third-order valence-electron chi connectivity index (χ3n) is 5.51. The van der Waals surface area contributed by atoms with Crippen LogP contribution in [0.25, 0.3) is 0 Å². The van der Waals surface area contributed by atoms with Gasteiger partial charge >= 0.3 is 0 Å². The number of carbonyl (C=O) groups excluding carboxylic acids is 1. The molecule has 0 atom stereocenters. The summed E-state index contributed by atoms with van der Waals surface area (Å²) in [6, 6.07) is 13.3. The molecular weight excluding hydrogens is 412 g/mol. The molecule has 2 heterocycles. The van der Waals surface area contributed by atoms with Gasteiger partial charge in [0.1, 0.15) is 12.4 Å². The van der Waals surface area contributed by atoms with Crippen molar-refractivity contribution in [2.75, 3.05) is 26.2 Å². The van der Waals surface area contributed by atoms with E-state index in [1.807, 2.05) is 78.4 Å². The highest BCUT2D eigenvalue weighted by molar-refractivity contribution is 6.32. The average molecular weight is 439 g/mol. The highest BCUT2D eigenvalue weighted by atomic mass is 35.5. The van der Waals surface area contributed by atoms with Crippen LogP contribution in [0.1, 0.15) is 27.0 Å². The molecule has 7 heteroatoms. The van der Waals surface area contributed by atoms with Gasteiger partial charge in [-0.2, -0.15) is 5.10 Å². The van der Waals surface area contributed by atoms with Crippen LogP contribution < -0.4 is 4.74 Å². The predicted octanol–water partition coefficient (Wildman–Crippen LogP) is 3.92. The molecule has 162 valence electrons. The maximum Gasteiger partial charge on any atom is 0.253 e. The predicted molar refractivity (Wildman–Crippen MR) is 121 cm³/mol. The fraction of sp³-hybridized carbons (Fsp3) is 0.333. The van der Waals surface area contributed by atoms with Crippen molar-refractivity contribution in [1.82, 2.24) is 19.6 Å². The maximum absolute atomic E-state index is 12.9. The van der Waals surface area contributed by atoms with Gasteiger partial charge < -0.3 is 9.64 Å². The molecular formula is C24H27ClN4O2. The van der Waals surface area contributed by atoms with Crippen molar-refractivity contribution in [2.45, 2.75) is 20.1 Å². The Labute approximate surface area is 188 Å². The fourth-order valence-corrected chi connectivity index (χ4v) is 3.90. The number of aromatic nitrogens is 2. The molecule has 1 aliphatic rings. The summed E-state index contributed by atoms with van der Waals surface area (Å²) < 4.78 is 7.66. The van der Waals surface area contributed by atoms with E-state index in [-0.39, 0.29) is 5.91 Å². The molecule has 0 saturated carbocycles. The summed E-state index contributed by atoms with van der Waals surface area (Å²) in [5.41, 5.74) is 4.00. The summed E-state index contributed by atoms with van der Waals surface area (Å²) in [7, 11) is 1.93. The Morgan fingerprint density at radius 3 is 2.48 bits per heavy atom. The van der Waals surface area contributed by atoms with Gasteiger partial charge in [0.15, 0.2) is 0 Å². The van der Waals surface area contributed by atoms with Crippen LogP contribution in [0.15, 0.2) is 54.9 Å². The van der Waals surface area contributed by atoms with Gasteiger partial charge in [-0.15, -0.1) is 0 Å². The average Bonchev–Trinajstić information content (AvgIpc) is 3.19. The summed E-state index contributed by atoms with van der Waals surface area (Å²) in [6.07, 6.45) is 3.94. The number of hydrogen-bond acceptors (Lipinski definition) is 4. The van der Waals surface area contributed by atoms with Crippen LogP contribution in [0.3, 0.4) is 0 Å². The van der Waals surface area contributed by atoms with E-state index >= 15 is 0 Å². The van der Waals surface area contributed by atoms with Gasteiger partial charge in [0, 0.05) is 57.1 Å². The van der Waals surface area contributed by atoms with E-state index in [1.165, 1.54) is 5.56 Å². The van der Waals surface area contributed by atoms with E-state index in [2.05, 4.69) is 10.00 Å². The van der Waals surface area contributed by atoms with Crippen molar-refractivity contribution < 1.29 is 9.53 Å². The van der Waals surface area contributed by atoms with Crippen LogP contribution in [-0.4, -0.2) is 51.7 Å². The maximum atomic E-state index is 12.9. The molecule has 3 aromatic rings. The number of ether oxygens (including phenoxy) is 1. The lowest BCUT2D eigenvalue weighted by molar-refractivity contribution is 0.0628. The molecule has 4 rings (SSSR count). The van der Waals surface area contributed by atoms with Gasteiger partial charge in [-0.3, -0.25) is 14.4 Å². The zero-order chi connectivity index (χ0) is 21.8. The first-order chi connectivity index (χ1) is 15.0. The molecule has 0 radical (unpaired) electrons. The Kier molecular flexibility index (Phi) is 6.59. The smallest absolute Gasteiger partial charge is 0.253 e. The minimum Gasteiger partial charge on any atom is -0.487 e. The van der Waals surface area contributed by atoms with Gasteiger partial charge in [0.2, 0.25) is 0 Å². The third kappa shape index (κ3) is 5.46. The van der Waals surface area contributed by atoms with Crippen LogP contribution in [0.2, 0.25) is 5.02 Å². The molecule has 0 N–H and O–H groups in total. The Morgan fingerprint density at radius 1 is 1.06 bits per heavy atom. The summed E-state index contributed by atoms with van der Waals surface area (Å²) in [5.74, 6) is 0.751. The van der Waals surface area contributed by atoms with E-state index in [4.69, 9.17) is 16.3 Å². The van der Waals surface area contributed by atoms with Gasteiger partial charge in [0.25, 0.3) is 5.91 Å². The lowest BCUT2D eigenvalue weighted by atomic mass is 10.1. The standard InChI is InChI=1S/C24H27ClN4O2/c1-18-3-8-22(25)23(13-18)31-17-19-4-6-21(7-5-19)24(30)29-11-9-28(10-12-29)16-20-14-26-27(2)15-20/h3-8,13-15H,9-12,16-17H2,1-2H3. The van der Waals surface area contributed by atoms with Crippen LogP contribution in [0.5, 0.6) is 5.75 Å². The van der Waals surface area contributed by atoms with E-state index in [9.17, 15) is 4.79 Å². The number of benzene rings is 2. The fourth-order valence-electron chi connectivity index (χ4n) is 3.73. The Bertz CT molecular complexity index is 1040. The minimum absolute atomic E-state index is 0.0789. The highest BCUT2D eigenvalue weighted by Gasteiger charge is 2.22. The second-order valence-corrected chi connectivity index (χ2v) is 8.42. The number of rotatable bonds is 6. The second-order valence-electron chi connectivity index (χ2n) is 8.01. The molecule has 6 nitrogen and oxygen atoms in total. The first-order valence-electron chi connectivity index (χ1n) is 10.4. The highest BCUT2D eigenvalue weighted by Crippen LogP contribution is 2.26. The number of aryl methyl sites for hydroxylation is 2. The second kappa shape index (κ2) is 9.54. The van der Waals surface area contributed by atoms with E-state index in [0.717, 1.165) is 43.9 Å². The molecule has 31 heavy (non-hydrogen) atoms. The normalized spacial score (nSPS) is 14.6. The largest absolute Gasteiger partial charge is 0.487 e. The number of amides is 1. The minimum atomic E-state index is 0.0789. The molecule has 1 fully saturated rings. The molecule has 0 spiro atoms. The Balaban J connectivity index is 1.29. The van der Waals surface area contributed by atoms with E-state index in [0.29, 0.717) is 22.9 Å². The summed E-state index contributed by atoms with van der Waals surface area (Å²) in [4.78, 5) is 17.2. The Hall–Kier alpha value is -2.83. The van der Waals surface area contributed by atoms with Crippen molar-refractivity contribution in [1.29, 1.82) is 0 Å². The summed E-state index contributed by atoms with van der Waals surface area (Å²) >= 11 is 6.19. The molecule has 1 saturated heterocycles. The number of nitrogens with zero attached hydrogens (tertiary/aromatic N) is 4. The van der Waals surface area contributed by atoms with Gasteiger partial charge in [-0.1, -0.05) is 29.8 Å². The molecule has 1 amide bonds. The van der Waals surface area contributed by atoms with Crippen LogP contribution >= 0.6 is 11.6 Å². The van der Waals surface area contributed by atoms with Crippen LogP contribution in [-0.2, 0) is 20.2 Å². The van der Waals surface area contributed by atoms with Crippen LogP contribution in [0, 0.1) is 6.92 Å². The monoisotopic (exact) mass is 438 g/mol. The Morgan fingerprint density at radius 2 is 1.81 bits per heavy atom. The molecule has 0 aliphatic carbocycles. The zero-order valence-electron chi connectivity index (χ0n) is 17.9. The van der Waals surface area contributed by atoms with Crippen molar-refractivity contribution in [3.63, 3.8) is 0 Å². The first-order valence-corrected chi connectivity index (χ1v) is 10.8.